The Balaban J connectivity index is 2.31. The van der Waals surface area contributed by atoms with E-state index < -0.39 is 49.4 Å². The summed E-state index contributed by atoms with van der Waals surface area (Å²) in [5.74, 6) is -0.804. The fourth-order valence-electron chi connectivity index (χ4n) is 6.07. The number of hydrogen-bond acceptors (Lipinski definition) is 10. The van der Waals surface area contributed by atoms with Gasteiger partial charge in [0.25, 0.3) is 0 Å². The third kappa shape index (κ3) is 22.4. The molecule has 1 saturated heterocycles. The largest absolute Gasteiger partial charge is 0.462 e. The third-order valence-corrected chi connectivity index (χ3v) is 9.24. The summed E-state index contributed by atoms with van der Waals surface area (Å²) in [5.41, 5.74) is 0. The van der Waals surface area contributed by atoms with Crippen LogP contribution in [-0.2, 0) is 28.5 Å². The molecule has 0 aliphatic carbocycles. The molecule has 0 aromatic heterocycles. The first-order chi connectivity index (χ1) is 23.3. The first-order valence-corrected chi connectivity index (χ1v) is 19.6. The molecular formula is C38H72O10. The summed E-state index contributed by atoms with van der Waals surface area (Å²) in [7, 11) is 0. The van der Waals surface area contributed by atoms with Crippen LogP contribution < -0.4 is 0 Å². The van der Waals surface area contributed by atoms with Crippen molar-refractivity contribution in [2.75, 3.05) is 19.8 Å². The van der Waals surface area contributed by atoms with Crippen molar-refractivity contribution in [2.24, 2.45) is 0 Å². The zero-order valence-corrected chi connectivity index (χ0v) is 30.5. The molecule has 6 atom stereocenters. The molecule has 4 N–H and O–H groups in total. The van der Waals surface area contributed by atoms with E-state index in [1.165, 1.54) is 103 Å². The van der Waals surface area contributed by atoms with Crippen LogP contribution >= 0.6 is 0 Å². The highest BCUT2D eigenvalue weighted by Gasteiger charge is 2.44. The van der Waals surface area contributed by atoms with Gasteiger partial charge in [-0.05, 0) is 12.8 Å². The van der Waals surface area contributed by atoms with E-state index in [0.717, 1.165) is 38.5 Å². The Hall–Kier alpha value is -1.30. The topological polar surface area (TPSA) is 152 Å². The van der Waals surface area contributed by atoms with Gasteiger partial charge in [-0.2, -0.15) is 0 Å². The maximum atomic E-state index is 12.6. The number of unbranched alkanes of at least 4 members (excludes halogenated alkanes) is 21. The summed E-state index contributed by atoms with van der Waals surface area (Å²) >= 11 is 0. The van der Waals surface area contributed by atoms with Crippen LogP contribution in [0.2, 0.25) is 0 Å². The average Bonchev–Trinajstić information content (AvgIpc) is 3.08. The SMILES string of the molecule is CCCCCCCCCCCCCCCCCCC(=O)OC[C@@H](CO[C@H]1O[C@@H](CO)[C@@H](O)C(O)C1O)OC(=O)CCCCCCCCC. The van der Waals surface area contributed by atoms with Crippen molar-refractivity contribution in [3.8, 4) is 0 Å². The van der Waals surface area contributed by atoms with Crippen molar-refractivity contribution in [1.82, 2.24) is 0 Å². The van der Waals surface area contributed by atoms with E-state index in [-0.39, 0.29) is 32.0 Å². The highest BCUT2D eigenvalue weighted by Crippen LogP contribution is 2.22. The smallest absolute Gasteiger partial charge is 0.306 e. The molecule has 1 aliphatic rings. The lowest BCUT2D eigenvalue weighted by Gasteiger charge is -2.39. The minimum atomic E-state index is -1.59. The first kappa shape index (κ1) is 44.7. The Bertz CT molecular complexity index is 764. The molecule has 10 nitrogen and oxygen atoms in total. The molecule has 0 saturated carbocycles. The van der Waals surface area contributed by atoms with Gasteiger partial charge in [-0.3, -0.25) is 9.59 Å². The summed E-state index contributed by atoms with van der Waals surface area (Å²) in [6.07, 6.45) is 20.0. The van der Waals surface area contributed by atoms with E-state index in [0.29, 0.717) is 6.42 Å². The van der Waals surface area contributed by atoms with Crippen molar-refractivity contribution in [1.29, 1.82) is 0 Å². The number of ether oxygens (including phenoxy) is 4. The monoisotopic (exact) mass is 689 g/mol. The van der Waals surface area contributed by atoms with Gasteiger partial charge >= 0.3 is 11.9 Å². The third-order valence-electron chi connectivity index (χ3n) is 9.24. The van der Waals surface area contributed by atoms with E-state index in [4.69, 9.17) is 18.9 Å². The van der Waals surface area contributed by atoms with Crippen LogP contribution in [0.25, 0.3) is 0 Å². The zero-order valence-electron chi connectivity index (χ0n) is 30.5. The summed E-state index contributed by atoms with van der Waals surface area (Å²) in [6, 6.07) is 0. The Labute approximate surface area is 291 Å². The molecule has 1 fully saturated rings. The molecule has 1 aliphatic heterocycles. The highest BCUT2D eigenvalue weighted by molar-refractivity contribution is 5.70. The summed E-state index contributed by atoms with van der Waals surface area (Å²) < 4.78 is 22.0. The van der Waals surface area contributed by atoms with Crippen LogP contribution in [-0.4, -0.2) is 89.0 Å². The van der Waals surface area contributed by atoms with Gasteiger partial charge in [-0.1, -0.05) is 149 Å². The average molecular weight is 689 g/mol. The number of esters is 2. The molecular weight excluding hydrogens is 616 g/mol. The van der Waals surface area contributed by atoms with Gasteiger partial charge in [0.05, 0.1) is 13.2 Å². The fourth-order valence-corrected chi connectivity index (χ4v) is 6.07. The zero-order chi connectivity index (χ0) is 35.2. The van der Waals surface area contributed by atoms with Gasteiger partial charge in [0.15, 0.2) is 12.4 Å². The van der Waals surface area contributed by atoms with E-state index in [9.17, 15) is 30.0 Å². The number of carbonyl (C=O) groups excluding carboxylic acids is 2. The van der Waals surface area contributed by atoms with Gasteiger partial charge in [0.2, 0.25) is 0 Å². The van der Waals surface area contributed by atoms with Crippen LogP contribution in [0.1, 0.15) is 174 Å². The summed E-state index contributed by atoms with van der Waals surface area (Å²) in [5, 5.41) is 39.8. The number of hydrogen-bond donors (Lipinski definition) is 4. The van der Waals surface area contributed by atoms with Gasteiger partial charge in [0, 0.05) is 12.8 Å². The molecule has 0 amide bonds. The van der Waals surface area contributed by atoms with E-state index >= 15 is 0 Å². The number of aliphatic hydroxyl groups is 4. The second kappa shape index (κ2) is 30.5. The summed E-state index contributed by atoms with van der Waals surface area (Å²) in [6.45, 7) is 3.37. The normalized spacial score (nSPS) is 21.7. The van der Waals surface area contributed by atoms with Crippen molar-refractivity contribution in [3.05, 3.63) is 0 Å². The number of aliphatic hydroxyl groups excluding tert-OH is 4. The van der Waals surface area contributed by atoms with Gasteiger partial charge in [0.1, 0.15) is 31.0 Å². The van der Waals surface area contributed by atoms with Crippen LogP contribution in [0.4, 0.5) is 0 Å². The molecule has 1 rings (SSSR count). The molecule has 10 heteroatoms. The maximum Gasteiger partial charge on any atom is 0.306 e. The fraction of sp³-hybridized carbons (Fsp3) is 0.947. The van der Waals surface area contributed by atoms with Crippen LogP contribution in [0.5, 0.6) is 0 Å². The minimum Gasteiger partial charge on any atom is -0.462 e. The van der Waals surface area contributed by atoms with Gasteiger partial charge in [-0.15, -0.1) is 0 Å². The van der Waals surface area contributed by atoms with Crippen LogP contribution in [0.3, 0.4) is 0 Å². The molecule has 0 radical (unpaired) electrons. The highest BCUT2D eigenvalue weighted by atomic mass is 16.7. The molecule has 0 spiro atoms. The van der Waals surface area contributed by atoms with E-state index in [1.807, 2.05) is 0 Å². The van der Waals surface area contributed by atoms with Gasteiger partial charge < -0.3 is 39.4 Å². The lowest BCUT2D eigenvalue weighted by atomic mass is 9.99. The predicted molar refractivity (Wildman–Crippen MR) is 187 cm³/mol. The van der Waals surface area contributed by atoms with Crippen molar-refractivity contribution in [3.63, 3.8) is 0 Å². The molecule has 284 valence electrons. The molecule has 0 bridgehead atoms. The Morgan fingerprint density at radius 1 is 0.562 bits per heavy atom. The molecule has 1 heterocycles. The lowest BCUT2D eigenvalue weighted by molar-refractivity contribution is -0.305. The lowest BCUT2D eigenvalue weighted by Crippen LogP contribution is -2.59. The summed E-state index contributed by atoms with van der Waals surface area (Å²) in [4.78, 5) is 25.0. The van der Waals surface area contributed by atoms with Crippen LogP contribution in [0.15, 0.2) is 0 Å². The second-order valence-corrected chi connectivity index (χ2v) is 13.8. The standard InChI is InChI=1S/C38H72O10/c1-3-5-7-9-11-12-13-14-15-16-17-18-19-21-22-24-26-33(40)45-29-31(47-34(41)27-25-23-20-10-8-6-4-2)30-46-38-37(44)36(43)35(42)32(28-39)48-38/h31-32,35-39,42-44H,3-30H2,1-2H3/t31-,32-,35+,36?,37?,38-/m0/s1. The molecule has 2 unspecified atom stereocenters. The second-order valence-electron chi connectivity index (χ2n) is 13.8. The van der Waals surface area contributed by atoms with Crippen molar-refractivity contribution < 1.29 is 49.0 Å². The predicted octanol–water partition coefficient (Wildman–Crippen LogP) is 7.05. The first-order valence-electron chi connectivity index (χ1n) is 19.6. The van der Waals surface area contributed by atoms with Gasteiger partial charge in [-0.25, -0.2) is 0 Å². The molecule has 0 aromatic carbocycles. The number of carbonyl (C=O) groups is 2. The quantitative estimate of drug-likeness (QED) is 0.0427. The molecule has 0 aromatic rings. The maximum absolute atomic E-state index is 12.6. The Kier molecular flexibility index (Phi) is 28.4. The Morgan fingerprint density at radius 3 is 1.42 bits per heavy atom. The number of rotatable bonds is 32. The van der Waals surface area contributed by atoms with Crippen molar-refractivity contribution >= 4 is 11.9 Å². The van der Waals surface area contributed by atoms with Crippen molar-refractivity contribution in [2.45, 2.75) is 211 Å². The molecule has 48 heavy (non-hydrogen) atoms. The Morgan fingerprint density at radius 2 is 0.979 bits per heavy atom. The van der Waals surface area contributed by atoms with E-state index in [2.05, 4.69) is 13.8 Å². The van der Waals surface area contributed by atoms with Crippen LogP contribution in [0, 0.1) is 0 Å². The van der Waals surface area contributed by atoms with E-state index in [1.54, 1.807) is 0 Å². The minimum absolute atomic E-state index is 0.210.